The molecule has 0 heterocycles. The molecule has 0 spiro atoms. The smallest absolute Gasteiger partial charge is 0.221 e. The molecule has 0 saturated heterocycles. The Morgan fingerprint density at radius 1 is 1.06 bits per heavy atom. The summed E-state index contributed by atoms with van der Waals surface area (Å²) in [4.78, 5) is 11.5. The molecule has 0 aromatic heterocycles. The van der Waals surface area contributed by atoms with Gasteiger partial charge in [-0.2, -0.15) is 0 Å². The lowest BCUT2D eigenvalue weighted by Gasteiger charge is -2.31. The molecule has 3 heteroatoms. The van der Waals surface area contributed by atoms with Crippen LogP contribution in [-0.4, -0.2) is 24.5 Å². The zero-order valence-electron chi connectivity index (χ0n) is 11.9. The Kier molecular flexibility index (Phi) is 5.04. The van der Waals surface area contributed by atoms with Crippen LogP contribution in [0, 0.1) is 11.8 Å². The summed E-state index contributed by atoms with van der Waals surface area (Å²) in [6.45, 7) is 5.51. The topological polar surface area (TPSA) is 41.1 Å². The average Bonchev–Trinajstić information content (AvgIpc) is 3.13. The highest BCUT2D eigenvalue weighted by atomic mass is 16.1. The van der Waals surface area contributed by atoms with Gasteiger partial charge in [0.25, 0.3) is 0 Å². The fourth-order valence-electron chi connectivity index (χ4n) is 2.91. The molecule has 2 aliphatic carbocycles. The van der Waals surface area contributed by atoms with Gasteiger partial charge in [-0.3, -0.25) is 4.79 Å². The highest BCUT2D eigenvalue weighted by Crippen LogP contribution is 2.29. The first-order chi connectivity index (χ1) is 8.65. The van der Waals surface area contributed by atoms with E-state index in [2.05, 4.69) is 24.5 Å². The lowest BCUT2D eigenvalue weighted by Crippen LogP contribution is -2.37. The van der Waals surface area contributed by atoms with Crippen LogP contribution in [0.1, 0.15) is 58.8 Å². The molecule has 18 heavy (non-hydrogen) atoms. The normalized spacial score (nSPS) is 28.4. The van der Waals surface area contributed by atoms with Crippen LogP contribution in [0.2, 0.25) is 0 Å². The van der Waals surface area contributed by atoms with Crippen molar-refractivity contribution in [1.82, 2.24) is 10.6 Å². The molecular formula is C15H28N2O. The maximum atomic E-state index is 11.5. The summed E-state index contributed by atoms with van der Waals surface area (Å²) in [6, 6.07) is 1.15. The molecule has 104 valence electrons. The summed E-state index contributed by atoms with van der Waals surface area (Å²) >= 11 is 0. The molecule has 0 radical (unpaired) electrons. The van der Waals surface area contributed by atoms with Crippen molar-refractivity contribution < 1.29 is 4.79 Å². The first kappa shape index (κ1) is 13.9. The summed E-state index contributed by atoms with van der Waals surface area (Å²) in [7, 11) is 0. The van der Waals surface area contributed by atoms with Gasteiger partial charge < -0.3 is 10.6 Å². The van der Waals surface area contributed by atoms with Gasteiger partial charge in [0, 0.05) is 25.0 Å². The van der Waals surface area contributed by atoms with Crippen LogP contribution in [0.4, 0.5) is 0 Å². The second-order valence-corrected chi connectivity index (χ2v) is 6.40. The summed E-state index contributed by atoms with van der Waals surface area (Å²) < 4.78 is 0. The summed E-state index contributed by atoms with van der Waals surface area (Å²) in [5.74, 6) is 1.97. The Hall–Kier alpha value is -0.570. The van der Waals surface area contributed by atoms with Crippen molar-refractivity contribution in [1.29, 1.82) is 0 Å². The molecule has 2 rings (SSSR count). The van der Waals surface area contributed by atoms with Gasteiger partial charge in [0.2, 0.25) is 5.91 Å². The van der Waals surface area contributed by atoms with E-state index in [0.717, 1.165) is 18.4 Å². The van der Waals surface area contributed by atoms with Crippen LogP contribution in [-0.2, 0) is 4.79 Å². The number of carbonyl (C=O) groups excluding carboxylic acids is 1. The van der Waals surface area contributed by atoms with Crippen LogP contribution in [0.25, 0.3) is 0 Å². The van der Waals surface area contributed by atoms with Gasteiger partial charge in [0.1, 0.15) is 0 Å². The molecule has 2 fully saturated rings. The van der Waals surface area contributed by atoms with Crippen LogP contribution in [0.5, 0.6) is 0 Å². The van der Waals surface area contributed by atoms with E-state index in [9.17, 15) is 4.79 Å². The lowest BCUT2D eigenvalue weighted by molar-refractivity contribution is -0.121. The molecule has 0 atom stereocenters. The average molecular weight is 252 g/mol. The number of amides is 1. The van der Waals surface area contributed by atoms with Crippen molar-refractivity contribution in [2.75, 3.05) is 6.54 Å². The van der Waals surface area contributed by atoms with E-state index >= 15 is 0 Å². The van der Waals surface area contributed by atoms with Crippen LogP contribution < -0.4 is 10.6 Å². The van der Waals surface area contributed by atoms with E-state index in [1.54, 1.807) is 0 Å². The summed E-state index contributed by atoms with van der Waals surface area (Å²) in [5.41, 5.74) is 0. The first-order valence-corrected chi connectivity index (χ1v) is 7.68. The minimum Gasteiger partial charge on any atom is -0.353 e. The van der Waals surface area contributed by atoms with E-state index < -0.39 is 0 Å². The summed E-state index contributed by atoms with van der Waals surface area (Å²) in [6.07, 6.45) is 8.27. The van der Waals surface area contributed by atoms with Crippen molar-refractivity contribution in [3.63, 3.8) is 0 Å². The Labute approximate surface area is 111 Å². The lowest BCUT2D eigenvalue weighted by atomic mass is 9.80. The van der Waals surface area contributed by atoms with E-state index in [1.807, 2.05) is 0 Å². The first-order valence-electron chi connectivity index (χ1n) is 7.68. The van der Waals surface area contributed by atoms with E-state index in [-0.39, 0.29) is 5.91 Å². The molecule has 0 bridgehead atoms. The van der Waals surface area contributed by atoms with Crippen molar-refractivity contribution in [3.05, 3.63) is 0 Å². The largest absolute Gasteiger partial charge is 0.353 e. The zero-order chi connectivity index (χ0) is 13.0. The SMILES string of the molecule is CC(C)C1CCC(NCCC(=O)NC2CC2)CC1. The van der Waals surface area contributed by atoms with Gasteiger partial charge in [-0.25, -0.2) is 0 Å². The molecular weight excluding hydrogens is 224 g/mol. The van der Waals surface area contributed by atoms with Crippen molar-refractivity contribution in [2.45, 2.75) is 70.9 Å². The third-order valence-electron chi connectivity index (χ3n) is 4.44. The highest BCUT2D eigenvalue weighted by Gasteiger charge is 2.24. The van der Waals surface area contributed by atoms with Gasteiger partial charge in [-0.1, -0.05) is 13.8 Å². The molecule has 2 aliphatic rings. The Bertz CT molecular complexity index is 266. The molecule has 0 aromatic carbocycles. The second kappa shape index (κ2) is 6.55. The van der Waals surface area contributed by atoms with Gasteiger partial charge in [0.15, 0.2) is 0 Å². The van der Waals surface area contributed by atoms with Crippen molar-refractivity contribution >= 4 is 5.91 Å². The van der Waals surface area contributed by atoms with E-state index in [4.69, 9.17) is 0 Å². The quantitative estimate of drug-likeness (QED) is 0.762. The predicted molar refractivity (Wildman–Crippen MR) is 74.4 cm³/mol. The minimum atomic E-state index is 0.223. The minimum absolute atomic E-state index is 0.223. The second-order valence-electron chi connectivity index (χ2n) is 6.40. The highest BCUT2D eigenvalue weighted by molar-refractivity contribution is 5.76. The number of hydrogen-bond donors (Lipinski definition) is 2. The monoisotopic (exact) mass is 252 g/mol. The fraction of sp³-hybridized carbons (Fsp3) is 0.933. The molecule has 2 saturated carbocycles. The molecule has 0 unspecified atom stereocenters. The maximum absolute atomic E-state index is 11.5. The molecule has 0 aliphatic heterocycles. The predicted octanol–water partition coefficient (Wildman–Crippen LogP) is 2.46. The van der Waals surface area contributed by atoms with Crippen LogP contribution >= 0.6 is 0 Å². The van der Waals surface area contributed by atoms with Crippen molar-refractivity contribution in [3.8, 4) is 0 Å². The zero-order valence-corrected chi connectivity index (χ0v) is 11.9. The van der Waals surface area contributed by atoms with Gasteiger partial charge in [-0.15, -0.1) is 0 Å². The van der Waals surface area contributed by atoms with E-state index in [0.29, 0.717) is 18.5 Å². The summed E-state index contributed by atoms with van der Waals surface area (Å²) in [5, 5.41) is 6.58. The van der Waals surface area contributed by atoms with Crippen LogP contribution in [0.15, 0.2) is 0 Å². The Balaban J connectivity index is 1.53. The van der Waals surface area contributed by atoms with Crippen LogP contribution in [0.3, 0.4) is 0 Å². The third kappa shape index (κ3) is 4.60. The molecule has 3 nitrogen and oxygen atoms in total. The van der Waals surface area contributed by atoms with Gasteiger partial charge in [-0.05, 0) is 50.4 Å². The standard InChI is InChI=1S/C15H28N2O/c1-11(2)12-3-5-13(6-4-12)16-10-9-15(18)17-14-7-8-14/h11-14,16H,3-10H2,1-2H3,(H,17,18). The molecule has 0 aromatic rings. The molecule has 1 amide bonds. The number of nitrogens with one attached hydrogen (secondary N) is 2. The fourth-order valence-corrected chi connectivity index (χ4v) is 2.91. The third-order valence-corrected chi connectivity index (χ3v) is 4.44. The molecule has 2 N–H and O–H groups in total. The number of rotatable bonds is 6. The van der Waals surface area contributed by atoms with Crippen molar-refractivity contribution in [2.24, 2.45) is 11.8 Å². The maximum Gasteiger partial charge on any atom is 0.221 e. The van der Waals surface area contributed by atoms with Gasteiger partial charge >= 0.3 is 0 Å². The van der Waals surface area contributed by atoms with Gasteiger partial charge in [0.05, 0.1) is 0 Å². The number of carbonyl (C=O) groups is 1. The Morgan fingerprint density at radius 2 is 1.67 bits per heavy atom. The van der Waals surface area contributed by atoms with E-state index in [1.165, 1.54) is 38.5 Å². The Morgan fingerprint density at radius 3 is 2.22 bits per heavy atom. The number of hydrogen-bond acceptors (Lipinski definition) is 2.